The number of carbonyl (C=O) groups excluding carboxylic acids is 1. The molecular weight excluding hydrogens is 274 g/mol. The zero-order chi connectivity index (χ0) is 15.9. The first-order valence-electron chi connectivity index (χ1n) is 7.29. The Morgan fingerprint density at radius 3 is 2.64 bits per heavy atom. The Morgan fingerprint density at radius 1 is 1.27 bits per heavy atom. The maximum atomic E-state index is 12.4. The molecule has 2 aromatic carbocycles. The van der Waals surface area contributed by atoms with E-state index in [-0.39, 0.29) is 11.9 Å². The molecule has 1 amide bonds. The van der Waals surface area contributed by atoms with Gasteiger partial charge in [0.15, 0.2) is 0 Å². The van der Waals surface area contributed by atoms with E-state index in [9.17, 15) is 4.79 Å². The molecule has 22 heavy (non-hydrogen) atoms. The van der Waals surface area contributed by atoms with Gasteiger partial charge in [0.2, 0.25) is 0 Å². The Morgan fingerprint density at radius 2 is 2.00 bits per heavy atom. The van der Waals surface area contributed by atoms with Crippen molar-refractivity contribution in [2.24, 2.45) is 0 Å². The van der Waals surface area contributed by atoms with Crippen LogP contribution in [0, 0.1) is 0 Å². The van der Waals surface area contributed by atoms with E-state index < -0.39 is 0 Å². The number of hydrogen-bond donors (Lipinski definition) is 1. The van der Waals surface area contributed by atoms with Gasteiger partial charge in [-0.1, -0.05) is 36.4 Å². The lowest BCUT2D eigenvalue weighted by Gasteiger charge is -2.15. The number of methoxy groups -OCH3 is 1. The summed E-state index contributed by atoms with van der Waals surface area (Å²) in [6.45, 7) is 5.71. The Balaban J connectivity index is 2.15. The standard InChI is InChI=1S/C19H21NO2/c1-4-8-16-13-17(11-12-18(16)22-3)19(21)20-14(2)15-9-6-5-7-10-15/h4-7,9-14H,1,8H2,2-3H3,(H,20,21)/t14-/m1/s1. The fourth-order valence-electron chi connectivity index (χ4n) is 2.34. The Bertz CT molecular complexity index is 650. The number of ether oxygens (including phenoxy) is 1. The van der Waals surface area contributed by atoms with Crippen molar-refractivity contribution in [2.45, 2.75) is 19.4 Å². The monoisotopic (exact) mass is 295 g/mol. The summed E-state index contributed by atoms with van der Waals surface area (Å²) in [6, 6.07) is 15.3. The first-order valence-corrected chi connectivity index (χ1v) is 7.29. The summed E-state index contributed by atoms with van der Waals surface area (Å²) in [5.74, 6) is 0.678. The summed E-state index contributed by atoms with van der Waals surface area (Å²) in [7, 11) is 1.62. The first-order chi connectivity index (χ1) is 10.7. The highest BCUT2D eigenvalue weighted by atomic mass is 16.5. The quantitative estimate of drug-likeness (QED) is 0.820. The molecule has 0 bridgehead atoms. The molecule has 0 aromatic heterocycles. The maximum Gasteiger partial charge on any atom is 0.251 e. The average Bonchev–Trinajstić information content (AvgIpc) is 2.55. The van der Waals surface area contributed by atoms with Crippen molar-refractivity contribution < 1.29 is 9.53 Å². The van der Waals surface area contributed by atoms with E-state index in [0.717, 1.165) is 16.9 Å². The molecule has 0 unspecified atom stereocenters. The summed E-state index contributed by atoms with van der Waals surface area (Å²) < 4.78 is 5.30. The van der Waals surface area contributed by atoms with E-state index >= 15 is 0 Å². The van der Waals surface area contributed by atoms with Crippen molar-refractivity contribution in [3.8, 4) is 5.75 Å². The molecule has 0 aliphatic carbocycles. The van der Waals surface area contributed by atoms with Crippen LogP contribution in [-0.2, 0) is 6.42 Å². The first kappa shape index (κ1) is 15.8. The number of nitrogens with one attached hydrogen (secondary N) is 1. The lowest BCUT2D eigenvalue weighted by Crippen LogP contribution is -2.26. The molecular formula is C19H21NO2. The van der Waals surface area contributed by atoms with Crippen molar-refractivity contribution in [1.29, 1.82) is 0 Å². The molecule has 0 fully saturated rings. The van der Waals surface area contributed by atoms with Crippen LogP contribution in [0.25, 0.3) is 0 Å². The van der Waals surface area contributed by atoms with Gasteiger partial charge in [-0.15, -0.1) is 6.58 Å². The van der Waals surface area contributed by atoms with Crippen molar-refractivity contribution in [1.82, 2.24) is 5.32 Å². The van der Waals surface area contributed by atoms with Crippen LogP contribution in [0.4, 0.5) is 0 Å². The van der Waals surface area contributed by atoms with Crippen LogP contribution in [-0.4, -0.2) is 13.0 Å². The van der Waals surface area contributed by atoms with Crippen LogP contribution in [0.2, 0.25) is 0 Å². The third-order valence-corrected chi connectivity index (χ3v) is 3.55. The van der Waals surface area contributed by atoms with Crippen molar-refractivity contribution in [3.05, 3.63) is 77.9 Å². The van der Waals surface area contributed by atoms with Gasteiger partial charge in [0, 0.05) is 5.56 Å². The molecule has 2 aromatic rings. The summed E-state index contributed by atoms with van der Waals surface area (Å²) in [5.41, 5.74) is 2.66. The molecule has 0 spiro atoms. The second kappa shape index (κ2) is 7.46. The van der Waals surface area contributed by atoms with E-state index in [1.807, 2.05) is 49.4 Å². The number of rotatable bonds is 6. The highest BCUT2D eigenvalue weighted by molar-refractivity contribution is 5.94. The minimum absolute atomic E-state index is 0.0429. The van der Waals surface area contributed by atoms with Gasteiger partial charge in [0.05, 0.1) is 13.2 Å². The van der Waals surface area contributed by atoms with Gasteiger partial charge >= 0.3 is 0 Å². The molecule has 114 valence electrons. The molecule has 3 nitrogen and oxygen atoms in total. The highest BCUT2D eigenvalue weighted by Gasteiger charge is 2.13. The van der Waals surface area contributed by atoms with Gasteiger partial charge in [-0.05, 0) is 42.7 Å². The van der Waals surface area contributed by atoms with Crippen LogP contribution in [0.15, 0.2) is 61.2 Å². The van der Waals surface area contributed by atoms with E-state index in [0.29, 0.717) is 12.0 Å². The molecule has 3 heteroatoms. The molecule has 0 aliphatic heterocycles. The Hall–Kier alpha value is -2.55. The summed E-state index contributed by atoms with van der Waals surface area (Å²) in [4.78, 5) is 12.4. The third-order valence-electron chi connectivity index (χ3n) is 3.55. The predicted octanol–water partition coefficient (Wildman–Crippen LogP) is 3.91. The van der Waals surface area contributed by atoms with Crippen LogP contribution in [0.1, 0.15) is 34.5 Å². The summed E-state index contributed by atoms with van der Waals surface area (Å²) >= 11 is 0. The SMILES string of the molecule is C=CCc1cc(C(=O)N[C@H](C)c2ccccc2)ccc1OC. The molecule has 1 N–H and O–H groups in total. The predicted molar refractivity (Wildman–Crippen MR) is 89.2 cm³/mol. The zero-order valence-corrected chi connectivity index (χ0v) is 13.0. The topological polar surface area (TPSA) is 38.3 Å². The number of allylic oxidation sites excluding steroid dienone is 1. The number of benzene rings is 2. The van der Waals surface area contributed by atoms with Gasteiger partial charge in [0.25, 0.3) is 5.91 Å². The maximum absolute atomic E-state index is 12.4. The van der Waals surface area contributed by atoms with Gasteiger partial charge in [-0.2, -0.15) is 0 Å². The molecule has 0 saturated heterocycles. The molecule has 0 saturated carbocycles. The molecule has 0 heterocycles. The van der Waals surface area contributed by atoms with Gasteiger partial charge < -0.3 is 10.1 Å². The fraction of sp³-hybridized carbons (Fsp3) is 0.211. The lowest BCUT2D eigenvalue weighted by molar-refractivity contribution is 0.0939. The molecule has 2 rings (SSSR count). The van der Waals surface area contributed by atoms with E-state index in [4.69, 9.17) is 4.74 Å². The van der Waals surface area contributed by atoms with E-state index in [1.54, 1.807) is 19.3 Å². The summed E-state index contributed by atoms with van der Waals surface area (Å²) in [6.07, 6.45) is 2.46. The molecule has 0 radical (unpaired) electrons. The molecule has 1 atom stereocenters. The van der Waals surface area contributed by atoms with Crippen LogP contribution in [0.5, 0.6) is 5.75 Å². The van der Waals surface area contributed by atoms with Gasteiger partial charge in [-0.3, -0.25) is 4.79 Å². The largest absolute Gasteiger partial charge is 0.496 e. The number of amides is 1. The van der Waals surface area contributed by atoms with Crippen LogP contribution >= 0.6 is 0 Å². The minimum Gasteiger partial charge on any atom is -0.496 e. The van der Waals surface area contributed by atoms with Crippen LogP contribution in [0.3, 0.4) is 0 Å². The van der Waals surface area contributed by atoms with E-state index in [2.05, 4.69) is 11.9 Å². The molecule has 0 aliphatic rings. The summed E-state index contributed by atoms with van der Waals surface area (Å²) in [5, 5.41) is 3.01. The number of carbonyl (C=O) groups is 1. The van der Waals surface area contributed by atoms with Crippen molar-refractivity contribution in [2.75, 3.05) is 7.11 Å². The lowest BCUT2D eigenvalue weighted by atomic mass is 10.0. The fourth-order valence-corrected chi connectivity index (χ4v) is 2.34. The second-order valence-electron chi connectivity index (χ2n) is 5.13. The number of hydrogen-bond acceptors (Lipinski definition) is 2. The van der Waals surface area contributed by atoms with Crippen LogP contribution < -0.4 is 10.1 Å². The Labute approximate surface area is 131 Å². The minimum atomic E-state index is -0.0932. The van der Waals surface area contributed by atoms with Gasteiger partial charge in [0.1, 0.15) is 5.75 Å². The third kappa shape index (κ3) is 3.76. The van der Waals surface area contributed by atoms with Crippen molar-refractivity contribution >= 4 is 5.91 Å². The smallest absolute Gasteiger partial charge is 0.251 e. The second-order valence-corrected chi connectivity index (χ2v) is 5.13. The van der Waals surface area contributed by atoms with Gasteiger partial charge in [-0.25, -0.2) is 0 Å². The zero-order valence-electron chi connectivity index (χ0n) is 13.0. The van der Waals surface area contributed by atoms with Crippen molar-refractivity contribution in [3.63, 3.8) is 0 Å². The Kier molecular flexibility index (Phi) is 5.37. The normalized spacial score (nSPS) is 11.5. The average molecular weight is 295 g/mol. The highest BCUT2D eigenvalue weighted by Crippen LogP contribution is 2.21. The van der Waals surface area contributed by atoms with E-state index in [1.165, 1.54) is 0 Å².